The number of morpholine rings is 1. The average Bonchev–Trinajstić information content (AvgIpc) is 2.77. The highest BCUT2D eigenvalue weighted by Crippen LogP contribution is 2.48. The number of rotatable bonds is 8. The van der Waals surface area contributed by atoms with Gasteiger partial charge < -0.3 is 9.64 Å². The quantitative estimate of drug-likeness (QED) is 0.328. The first-order valence-electron chi connectivity index (χ1n) is 11.8. The smallest absolute Gasteiger partial charge is 0.255 e. The van der Waals surface area contributed by atoms with E-state index in [-0.39, 0.29) is 22.7 Å². The van der Waals surface area contributed by atoms with Gasteiger partial charge in [0.2, 0.25) is 0 Å². The van der Waals surface area contributed by atoms with Crippen molar-refractivity contribution in [3.05, 3.63) is 82.4 Å². The van der Waals surface area contributed by atoms with Gasteiger partial charge in [0.15, 0.2) is 0 Å². The molecule has 1 unspecified atom stereocenters. The molecular formula is C28H35Cl2NO2S. The second-order valence-corrected chi connectivity index (χ2v) is 12.7. The molecule has 0 saturated carbocycles. The lowest BCUT2D eigenvalue weighted by Crippen LogP contribution is -2.60. The van der Waals surface area contributed by atoms with Gasteiger partial charge in [-0.15, -0.1) is 6.58 Å². The van der Waals surface area contributed by atoms with E-state index in [2.05, 4.69) is 39.2 Å². The first-order chi connectivity index (χ1) is 16.0. The maximum atomic E-state index is 14.1. The van der Waals surface area contributed by atoms with Gasteiger partial charge in [0, 0.05) is 33.0 Å². The molecule has 1 saturated heterocycles. The topological polar surface area (TPSA) is 29.5 Å². The third-order valence-corrected chi connectivity index (χ3v) is 8.06. The SMILES string of the molecule is C=CC[C@]1(C)O[C@H](c2cccc(Cl)c2)[C@@H](c2ccc(Cl)cc2)N(C(CC)CSC(C)(C)C)C1=O. The highest BCUT2D eigenvalue weighted by Gasteiger charge is 2.52. The summed E-state index contributed by atoms with van der Waals surface area (Å²) in [5, 5.41) is 1.30. The highest BCUT2D eigenvalue weighted by atomic mass is 35.5. The summed E-state index contributed by atoms with van der Waals surface area (Å²) in [5.74, 6) is 0.828. The molecule has 0 aromatic heterocycles. The van der Waals surface area contributed by atoms with Crippen LogP contribution in [0.15, 0.2) is 61.2 Å². The Hall–Kier alpha value is -1.46. The van der Waals surface area contributed by atoms with E-state index in [0.717, 1.165) is 23.3 Å². The Morgan fingerprint density at radius 2 is 1.82 bits per heavy atom. The molecule has 184 valence electrons. The van der Waals surface area contributed by atoms with Crippen molar-refractivity contribution in [3.8, 4) is 0 Å². The highest BCUT2D eigenvalue weighted by molar-refractivity contribution is 8.00. The molecule has 1 fully saturated rings. The van der Waals surface area contributed by atoms with Gasteiger partial charge in [-0.2, -0.15) is 11.8 Å². The van der Waals surface area contributed by atoms with Crippen LogP contribution in [-0.4, -0.2) is 32.9 Å². The van der Waals surface area contributed by atoms with Crippen LogP contribution in [0, 0.1) is 0 Å². The van der Waals surface area contributed by atoms with Crippen molar-refractivity contribution in [2.24, 2.45) is 0 Å². The minimum Gasteiger partial charge on any atom is -0.355 e. The number of amides is 1. The molecule has 2 aromatic rings. The predicted octanol–water partition coefficient (Wildman–Crippen LogP) is 8.28. The fourth-order valence-electron chi connectivity index (χ4n) is 4.41. The van der Waals surface area contributed by atoms with Crippen LogP contribution in [0.25, 0.3) is 0 Å². The summed E-state index contributed by atoms with van der Waals surface area (Å²) in [6.07, 6.45) is 2.63. The van der Waals surface area contributed by atoms with E-state index in [1.165, 1.54) is 0 Å². The summed E-state index contributed by atoms with van der Waals surface area (Å²) in [5.41, 5.74) is 0.915. The Morgan fingerprint density at radius 3 is 2.38 bits per heavy atom. The Balaban J connectivity index is 2.19. The molecule has 34 heavy (non-hydrogen) atoms. The van der Waals surface area contributed by atoms with Gasteiger partial charge in [-0.05, 0) is 48.7 Å². The van der Waals surface area contributed by atoms with Crippen LogP contribution in [0.5, 0.6) is 0 Å². The van der Waals surface area contributed by atoms with Crippen molar-refractivity contribution < 1.29 is 9.53 Å². The van der Waals surface area contributed by atoms with Crippen LogP contribution < -0.4 is 0 Å². The van der Waals surface area contributed by atoms with E-state index in [1.807, 2.05) is 67.2 Å². The van der Waals surface area contributed by atoms with Crippen LogP contribution in [0.4, 0.5) is 0 Å². The van der Waals surface area contributed by atoms with Crippen LogP contribution in [0.3, 0.4) is 0 Å². The van der Waals surface area contributed by atoms with E-state index < -0.39 is 11.7 Å². The van der Waals surface area contributed by atoms with Crippen molar-refractivity contribution in [2.75, 3.05) is 5.75 Å². The predicted molar refractivity (Wildman–Crippen MR) is 146 cm³/mol. The third-order valence-electron chi connectivity index (χ3n) is 6.16. The molecule has 3 nitrogen and oxygen atoms in total. The molecule has 0 aliphatic carbocycles. The average molecular weight is 521 g/mol. The van der Waals surface area contributed by atoms with Gasteiger partial charge in [-0.1, -0.05) is 81.2 Å². The second kappa shape index (κ2) is 11.1. The molecular weight excluding hydrogens is 485 g/mol. The molecule has 2 aromatic carbocycles. The number of carbonyl (C=O) groups excluding carboxylic acids is 1. The summed E-state index contributed by atoms with van der Waals surface area (Å²) in [6, 6.07) is 15.2. The van der Waals surface area contributed by atoms with Crippen molar-refractivity contribution in [2.45, 2.75) is 76.0 Å². The summed E-state index contributed by atoms with van der Waals surface area (Å²) in [4.78, 5) is 16.2. The molecule has 1 aliphatic heterocycles. The summed E-state index contributed by atoms with van der Waals surface area (Å²) >= 11 is 14.5. The standard InChI is InChI=1S/C28H35Cl2NO2S/c1-7-16-28(6)26(32)31(23(8-2)18-34-27(3,4)5)24(19-12-14-21(29)15-13-19)25(33-28)20-10-9-11-22(30)17-20/h7,9-15,17,23-25H,1,8,16,18H2,2-6H3/t23?,24-,25-,28+/m1/s1. The molecule has 0 bridgehead atoms. The maximum Gasteiger partial charge on any atom is 0.255 e. The molecule has 3 rings (SSSR count). The lowest BCUT2D eigenvalue weighted by atomic mass is 9.86. The summed E-state index contributed by atoms with van der Waals surface area (Å²) in [6.45, 7) is 14.5. The van der Waals surface area contributed by atoms with Crippen molar-refractivity contribution in [3.63, 3.8) is 0 Å². The number of nitrogens with zero attached hydrogens (tertiary/aromatic N) is 1. The first-order valence-corrected chi connectivity index (χ1v) is 13.5. The van der Waals surface area contributed by atoms with Gasteiger partial charge >= 0.3 is 0 Å². The van der Waals surface area contributed by atoms with Crippen molar-refractivity contribution in [1.82, 2.24) is 4.90 Å². The van der Waals surface area contributed by atoms with Crippen LogP contribution in [0.1, 0.15) is 70.7 Å². The Morgan fingerprint density at radius 1 is 1.15 bits per heavy atom. The zero-order valence-corrected chi connectivity index (χ0v) is 23.0. The molecule has 0 radical (unpaired) electrons. The fraction of sp³-hybridized carbons (Fsp3) is 0.464. The van der Waals surface area contributed by atoms with Gasteiger partial charge in [0.25, 0.3) is 5.91 Å². The normalized spacial score (nSPS) is 24.2. The van der Waals surface area contributed by atoms with Gasteiger partial charge in [0.05, 0.1) is 6.04 Å². The molecule has 1 amide bonds. The number of halogens is 2. The fourth-order valence-corrected chi connectivity index (χ4v) is 5.83. The maximum absolute atomic E-state index is 14.1. The number of carbonyl (C=O) groups is 1. The Kier molecular flexibility index (Phi) is 8.84. The number of hydrogen-bond donors (Lipinski definition) is 0. The van der Waals surface area contributed by atoms with E-state index >= 15 is 0 Å². The number of benzene rings is 2. The van der Waals surface area contributed by atoms with Gasteiger partial charge in [0.1, 0.15) is 11.7 Å². The minimum absolute atomic E-state index is 0.00742. The zero-order valence-electron chi connectivity index (χ0n) is 20.7. The molecule has 1 heterocycles. The van der Waals surface area contributed by atoms with E-state index in [9.17, 15) is 4.79 Å². The first kappa shape index (κ1) is 27.1. The number of hydrogen-bond acceptors (Lipinski definition) is 3. The van der Waals surface area contributed by atoms with Crippen LogP contribution in [-0.2, 0) is 9.53 Å². The summed E-state index contributed by atoms with van der Waals surface area (Å²) < 4.78 is 6.77. The molecule has 0 spiro atoms. The lowest BCUT2D eigenvalue weighted by molar-refractivity contribution is -0.201. The number of thioether (sulfide) groups is 1. The monoisotopic (exact) mass is 519 g/mol. The number of ether oxygens (including phenoxy) is 1. The van der Waals surface area contributed by atoms with Gasteiger partial charge in [-0.3, -0.25) is 4.79 Å². The lowest BCUT2D eigenvalue weighted by Gasteiger charge is -2.52. The molecule has 6 heteroatoms. The molecule has 4 atom stereocenters. The third kappa shape index (κ3) is 6.20. The minimum atomic E-state index is -1.02. The van der Waals surface area contributed by atoms with E-state index in [0.29, 0.717) is 16.5 Å². The van der Waals surface area contributed by atoms with Crippen molar-refractivity contribution >= 4 is 40.9 Å². The van der Waals surface area contributed by atoms with Crippen molar-refractivity contribution in [1.29, 1.82) is 0 Å². The van der Waals surface area contributed by atoms with Crippen LogP contribution in [0.2, 0.25) is 10.0 Å². The second-order valence-electron chi connectivity index (χ2n) is 10.0. The van der Waals surface area contributed by atoms with E-state index in [1.54, 1.807) is 6.08 Å². The Bertz CT molecular complexity index is 1000. The van der Waals surface area contributed by atoms with E-state index in [4.69, 9.17) is 27.9 Å². The molecule has 0 N–H and O–H groups in total. The van der Waals surface area contributed by atoms with Crippen LogP contribution >= 0.6 is 35.0 Å². The molecule has 1 aliphatic rings. The van der Waals surface area contributed by atoms with Gasteiger partial charge in [-0.25, -0.2) is 0 Å². The largest absolute Gasteiger partial charge is 0.355 e. The summed E-state index contributed by atoms with van der Waals surface area (Å²) in [7, 11) is 0. The zero-order chi connectivity index (χ0) is 25.1. The Labute approximate surface area is 218 Å².